The molecular weight excluding hydrogens is 450 g/mol. The minimum Gasteiger partial charge on any atom is -0.493 e. The molecule has 0 radical (unpaired) electrons. The molecule has 0 aliphatic rings. The van der Waals surface area contributed by atoms with Crippen molar-refractivity contribution >= 4 is 21.7 Å². The van der Waals surface area contributed by atoms with Crippen molar-refractivity contribution in [1.29, 1.82) is 0 Å². The van der Waals surface area contributed by atoms with Crippen LogP contribution in [0.2, 0.25) is 0 Å². The summed E-state index contributed by atoms with van der Waals surface area (Å²) in [4.78, 5) is 10.9. The Morgan fingerprint density at radius 3 is 2.18 bits per heavy atom. The molecule has 3 aromatic rings. The fourth-order valence-electron chi connectivity index (χ4n) is 2.87. The highest BCUT2D eigenvalue weighted by Crippen LogP contribution is 2.31. The SMILES string of the molecule is COc1ccc(S(=O)(=O)Nc2ccccc2OCCOc2ccc(C(=O)O)cc2)cc1OC. The van der Waals surface area contributed by atoms with E-state index in [1.54, 1.807) is 36.4 Å². The largest absolute Gasteiger partial charge is 0.493 e. The fourth-order valence-corrected chi connectivity index (χ4v) is 3.95. The van der Waals surface area contributed by atoms with Gasteiger partial charge in [0.15, 0.2) is 11.5 Å². The molecule has 0 saturated heterocycles. The molecule has 0 atom stereocenters. The number of benzene rings is 3. The van der Waals surface area contributed by atoms with Gasteiger partial charge in [0, 0.05) is 6.07 Å². The molecule has 0 unspecified atom stereocenters. The monoisotopic (exact) mass is 473 g/mol. The van der Waals surface area contributed by atoms with Gasteiger partial charge in [0.05, 0.1) is 30.4 Å². The van der Waals surface area contributed by atoms with Crippen molar-refractivity contribution in [3.8, 4) is 23.0 Å². The zero-order valence-electron chi connectivity index (χ0n) is 18.0. The van der Waals surface area contributed by atoms with Gasteiger partial charge in [0.2, 0.25) is 0 Å². The number of anilines is 1. The molecule has 174 valence electrons. The van der Waals surface area contributed by atoms with Crippen LogP contribution in [0.5, 0.6) is 23.0 Å². The third-order valence-electron chi connectivity index (χ3n) is 4.51. The van der Waals surface area contributed by atoms with Crippen LogP contribution in [0, 0.1) is 0 Å². The maximum Gasteiger partial charge on any atom is 0.335 e. The first-order valence-electron chi connectivity index (χ1n) is 9.77. The first kappa shape index (κ1) is 23.7. The fraction of sp³-hybridized carbons (Fsp3) is 0.174. The van der Waals surface area contributed by atoms with Crippen LogP contribution in [-0.4, -0.2) is 46.9 Å². The number of hydrogen-bond donors (Lipinski definition) is 2. The Labute approximate surface area is 191 Å². The molecule has 10 heteroatoms. The van der Waals surface area contributed by atoms with Gasteiger partial charge in [-0.15, -0.1) is 0 Å². The number of ether oxygens (including phenoxy) is 4. The van der Waals surface area contributed by atoms with E-state index in [0.717, 1.165) is 0 Å². The zero-order chi connectivity index (χ0) is 23.8. The van der Waals surface area contributed by atoms with Crippen molar-refractivity contribution in [1.82, 2.24) is 0 Å². The number of carbonyl (C=O) groups is 1. The lowest BCUT2D eigenvalue weighted by molar-refractivity contribution is 0.0697. The second kappa shape index (κ2) is 10.6. The molecule has 0 aliphatic carbocycles. The van der Waals surface area contributed by atoms with E-state index in [1.807, 2.05) is 0 Å². The normalized spacial score (nSPS) is 10.8. The number of hydrogen-bond acceptors (Lipinski definition) is 7. The number of methoxy groups -OCH3 is 2. The molecule has 9 nitrogen and oxygen atoms in total. The van der Waals surface area contributed by atoms with E-state index in [1.165, 1.54) is 44.6 Å². The Kier molecular flexibility index (Phi) is 7.62. The van der Waals surface area contributed by atoms with Crippen molar-refractivity contribution in [3.63, 3.8) is 0 Å². The minimum absolute atomic E-state index is 0.00286. The molecule has 33 heavy (non-hydrogen) atoms. The molecule has 0 saturated carbocycles. The van der Waals surface area contributed by atoms with Gasteiger partial charge in [0.1, 0.15) is 24.7 Å². The Bertz CT molecular complexity index is 1210. The van der Waals surface area contributed by atoms with Gasteiger partial charge >= 0.3 is 5.97 Å². The summed E-state index contributed by atoms with van der Waals surface area (Å²) in [6.07, 6.45) is 0. The molecule has 3 aromatic carbocycles. The third kappa shape index (κ3) is 6.07. The predicted molar refractivity (Wildman–Crippen MR) is 121 cm³/mol. The van der Waals surface area contributed by atoms with E-state index in [0.29, 0.717) is 23.0 Å². The van der Waals surface area contributed by atoms with E-state index >= 15 is 0 Å². The van der Waals surface area contributed by atoms with Crippen LogP contribution in [-0.2, 0) is 10.0 Å². The average molecular weight is 474 g/mol. The van der Waals surface area contributed by atoms with Gasteiger partial charge in [-0.3, -0.25) is 4.72 Å². The van der Waals surface area contributed by atoms with Crippen molar-refractivity contribution < 1.29 is 37.3 Å². The summed E-state index contributed by atoms with van der Waals surface area (Å²) < 4.78 is 49.8. The summed E-state index contributed by atoms with van der Waals surface area (Å²) in [5.74, 6) is 0.505. The number of aromatic carboxylic acids is 1. The molecule has 2 N–H and O–H groups in total. The lowest BCUT2D eigenvalue weighted by Gasteiger charge is -2.15. The van der Waals surface area contributed by atoms with Crippen LogP contribution in [0.4, 0.5) is 5.69 Å². The van der Waals surface area contributed by atoms with E-state index < -0.39 is 16.0 Å². The number of sulfonamides is 1. The highest BCUT2D eigenvalue weighted by molar-refractivity contribution is 7.92. The minimum atomic E-state index is -3.92. The first-order chi connectivity index (χ1) is 15.8. The Hall–Kier alpha value is -3.92. The van der Waals surface area contributed by atoms with Crippen molar-refractivity contribution in [3.05, 3.63) is 72.3 Å². The average Bonchev–Trinajstić information content (AvgIpc) is 2.82. The topological polar surface area (TPSA) is 120 Å². The number of nitrogens with one attached hydrogen (secondary N) is 1. The summed E-state index contributed by atoms with van der Waals surface area (Å²) in [6.45, 7) is 0.305. The van der Waals surface area contributed by atoms with Crippen LogP contribution in [0.25, 0.3) is 0 Å². The molecule has 0 amide bonds. The highest BCUT2D eigenvalue weighted by Gasteiger charge is 2.19. The summed E-state index contributed by atoms with van der Waals surface area (Å²) in [7, 11) is -1.03. The second-order valence-electron chi connectivity index (χ2n) is 6.64. The molecule has 0 aromatic heterocycles. The summed E-state index contributed by atoms with van der Waals surface area (Å²) in [5, 5.41) is 8.92. The predicted octanol–water partition coefficient (Wildman–Crippen LogP) is 3.66. The van der Waals surface area contributed by atoms with Crippen LogP contribution in [0.3, 0.4) is 0 Å². The first-order valence-corrected chi connectivity index (χ1v) is 11.2. The summed E-state index contributed by atoms with van der Waals surface area (Å²) in [5.41, 5.74) is 0.424. The van der Waals surface area contributed by atoms with E-state index in [2.05, 4.69) is 4.72 Å². The Balaban J connectivity index is 1.64. The highest BCUT2D eigenvalue weighted by atomic mass is 32.2. The number of carboxylic acids is 1. The molecule has 0 fully saturated rings. The number of carboxylic acid groups (broad SMARTS) is 1. The van der Waals surface area contributed by atoms with Crippen LogP contribution in [0.1, 0.15) is 10.4 Å². The smallest absolute Gasteiger partial charge is 0.335 e. The van der Waals surface area contributed by atoms with Crippen molar-refractivity contribution in [2.24, 2.45) is 0 Å². The lowest BCUT2D eigenvalue weighted by Crippen LogP contribution is -2.15. The maximum atomic E-state index is 12.9. The quantitative estimate of drug-likeness (QED) is 0.405. The lowest BCUT2D eigenvalue weighted by atomic mass is 10.2. The van der Waals surface area contributed by atoms with Crippen LogP contribution >= 0.6 is 0 Å². The summed E-state index contributed by atoms with van der Waals surface area (Å²) in [6, 6.07) is 16.9. The van der Waals surface area contributed by atoms with Gasteiger partial charge in [0.25, 0.3) is 10.0 Å². The van der Waals surface area contributed by atoms with E-state index in [4.69, 9.17) is 24.1 Å². The molecule has 0 heterocycles. The molecule has 0 spiro atoms. The van der Waals surface area contributed by atoms with Gasteiger partial charge < -0.3 is 24.1 Å². The number of rotatable bonds is 11. The number of para-hydroxylation sites is 2. The Morgan fingerprint density at radius 1 is 0.848 bits per heavy atom. The van der Waals surface area contributed by atoms with Gasteiger partial charge in [-0.1, -0.05) is 12.1 Å². The van der Waals surface area contributed by atoms with Crippen LogP contribution in [0.15, 0.2) is 71.6 Å². The standard InChI is InChI=1S/C23H23NO8S/c1-29-21-12-11-18(15-22(21)30-2)33(27,28)24-19-5-3-4-6-20(19)32-14-13-31-17-9-7-16(8-10-17)23(25)26/h3-12,15,24H,13-14H2,1-2H3,(H,25,26). The third-order valence-corrected chi connectivity index (χ3v) is 5.87. The molecule has 3 rings (SSSR count). The van der Waals surface area contributed by atoms with Gasteiger partial charge in [-0.2, -0.15) is 0 Å². The molecule has 0 bridgehead atoms. The Morgan fingerprint density at radius 2 is 1.52 bits per heavy atom. The van der Waals surface area contributed by atoms with Crippen molar-refractivity contribution in [2.45, 2.75) is 4.90 Å². The van der Waals surface area contributed by atoms with E-state index in [9.17, 15) is 13.2 Å². The maximum absolute atomic E-state index is 12.9. The van der Waals surface area contributed by atoms with E-state index in [-0.39, 0.29) is 29.4 Å². The zero-order valence-corrected chi connectivity index (χ0v) is 18.8. The van der Waals surface area contributed by atoms with Gasteiger partial charge in [-0.05, 0) is 48.5 Å². The van der Waals surface area contributed by atoms with Crippen molar-refractivity contribution in [2.75, 3.05) is 32.2 Å². The molecular formula is C23H23NO8S. The molecule has 0 aliphatic heterocycles. The van der Waals surface area contributed by atoms with Gasteiger partial charge in [-0.25, -0.2) is 13.2 Å². The second-order valence-corrected chi connectivity index (χ2v) is 8.33. The van der Waals surface area contributed by atoms with Crippen LogP contribution < -0.4 is 23.7 Å². The summed E-state index contributed by atoms with van der Waals surface area (Å²) >= 11 is 0.